The van der Waals surface area contributed by atoms with Crippen LogP contribution in [0.3, 0.4) is 0 Å². The molecule has 0 aliphatic carbocycles. The maximum atomic E-state index is 12.0. The summed E-state index contributed by atoms with van der Waals surface area (Å²) >= 11 is 7.58. The van der Waals surface area contributed by atoms with Crippen molar-refractivity contribution in [1.82, 2.24) is 0 Å². The lowest BCUT2D eigenvalue weighted by atomic mass is 10.2. The summed E-state index contributed by atoms with van der Waals surface area (Å²) in [5, 5.41) is 3.05. The molecule has 0 atom stereocenters. The molecule has 2 aromatic carbocycles. The molecule has 0 unspecified atom stereocenters. The number of aryl methyl sites for hydroxylation is 1. The Morgan fingerprint density at radius 1 is 1.17 bits per heavy atom. The Bertz CT molecular complexity index is 732. The molecule has 0 spiro atoms. The van der Waals surface area contributed by atoms with Crippen molar-refractivity contribution in [3.05, 3.63) is 58.6 Å². The van der Waals surface area contributed by atoms with Crippen LogP contribution in [0.4, 0.5) is 5.69 Å². The Kier molecular flexibility index (Phi) is 6.70. The molecule has 1 amide bonds. The lowest BCUT2D eigenvalue weighted by Crippen LogP contribution is -2.13. The molecule has 0 heterocycles. The number of ether oxygens (including phenoxy) is 1. The van der Waals surface area contributed by atoms with Crippen LogP contribution in [0.5, 0.6) is 0 Å². The van der Waals surface area contributed by atoms with Gasteiger partial charge in [0, 0.05) is 22.8 Å². The zero-order chi connectivity index (χ0) is 17.5. The molecule has 4 nitrogen and oxygen atoms in total. The molecular weight excluding hydrogens is 346 g/mol. The van der Waals surface area contributed by atoms with Gasteiger partial charge in [-0.2, -0.15) is 0 Å². The van der Waals surface area contributed by atoms with Crippen LogP contribution in [0.1, 0.15) is 22.3 Å². The van der Waals surface area contributed by atoms with Crippen molar-refractivity contribution < 1.29 is 14.3 Å². The summed E-state index contributed by atoms with van der Waals surface area (Å²) in [4.78, 5) is 24.8. The Morgan fingerprint density at radius 3 is 2.54 bits per heavy atom. The highest BCUT2D eigenvalue weighted by atomic mass is 35.5. The highest BCUT2D eigenvalue weighted by Gasteiger charge is 2.12. The molecule has 0 fully saturated rings. The van der Waals surface area contributed by atoms with Crippen molar-refractivity contribution in [3.63, 3.8) is 0 Å². The molecule has 0 aliphatic rings. The lowest BCUT2D eigenvalue weighted by Gasteiger charge is -2.08. The quantitative estimate of drug-likeness (QED) is 0.604. The fourth-order valence-corrected chi connectivity index (χ4v) is 3.04. The third-order valence-electron chi connectivity index (χ3n) is 3.27. The van der Waals surface area contributed by atoms with E-state index in [1.165, 1.54) is 18.7 Å². The van der Waals surface area contributed by atoms with Crippen molar-refractivity contribution >= 4 is 40.9 Å². The van der Waals surface area contributed by atoms with Gasteiger partial charge in [-0.05, 0) is 37.3 Å². The molecule has 0 radical (unpaired) electrons. The van der Waals surface area contributed by atoms with Crippen LogP contribution in [-0.4, -0.2) is 24.7 Å². The van der Waals surface area contributed by atoms with E-state index in [-0.39, 0.29) is 16.5 Å². The molecular formula is C18H18ClNO3S. The average molecular weight is 364 g/mol. The molecule has 0 saturated carbocycles. The summed E-state index contributed by atoms with van der Waals surface area (Å²) in [7, 11) is 1.28. The monoisotopic (exact) mass is 363 g/mol. The Hall–Kier alpha value is -1.98. The predicted molar refractivity (Wildman–Crippen MR) is 97.9 cm³/mol. The maximum absolute atomic E-state index is 12.0. The third kappa shape index (κ3) is 5.28. The zero-order valence-electron chi connectivity index (χ0n) is 13.5. The van der Waals surface area contributed by atoms with Gasteiger partial charge >= 0.3 is 5.97 Å². The fourth-order valence-electron chi connectivity index (χ4n) is 1.99. The van der Waals surface area contributed by atoms with Gasteiger partial charge in [-0.3, -0.25) is 4.79 Å². The summed E-state index contributed by atoms with van der Waals surface area (Å²) in [5.41, 5.74) is 1.96. The van der Waals surface area contributed by atoms with Crippen LogP contribution in [0.15, 0.2) is 47.4 Å². The van der Waals surface area contributed by atoms with Gasteiger partial charge in [-0.1, -0.05) is 29.3 Å². The number of halogens is 1. The molecule has 0 bridgehead atoms. The first-order valence-corrected chi connectivity index (χ1v) is 8.73. The SMILES string of the molecule is COC(=O)c1cc(NC(=O)CCSc2ccc(C)cc2)ccc1Cl. The highest BCUT2D eigenvalue weighted by Crippen LogP contribution is 2.22. The van der Waals surface area contributed by atoms with Gasteiger partial charge in [0.15, 0.2) is 0 Å². The van der Waals surface area contributed by atoms with Crippen molar-refractivity contribution in [1.29, 1.82) is 0 Å². The summed E-state index contributed by atoms with van der Waals surface area (Å²) in [5.74, 6) is 0.0190. The first kappa shape index (κ1) is 18.4. The van der Waals surface area contributed by atoms with Crippen molar-refractivity contribution in [2.45, 2.75) is 18.2 Å². The summed E-state index contributed by atoms with van der Waals surface area (Å²) < 4.78 is 4.66. The predicted octanol–water partition coefficient (Wildman–Crippen LogP) is 4.56. The van der Waals surface area contributed by atoms with Gasteiger partial charge < -0.3 is 10.1 Å². The number of carbonyl (C=O) groups excluding carboxylic acids is 2. The number of hydrogen-bond acceptors (Lipinski definition) is 4. The molecule has 0 saturated heterocycles. The molecule has 0 aromatic heterocycles. The van der Waals surface area contributed by atoms with E-state index in [0.29, 0.717) is 17.9 Å². The Morgan fingerprint density at radius 2 is 1.88 bits per heavy atom. The number of amides is 1. The first-order chi connectivity index (χ1) is 11.5. The summed E-state index contributed by atoms with van der Waals surface area (Å²) in [6.07, 6.45) is 0.370. The van der Waals surface area contributed by atoms with Crippen LogP contribution in [0, 0.1) is 6.92 Å². The zero-order valence-corrected chi connectivity index (χ0v) is 15.0. The van der Waals surface area contributed by atoms with E-state index in [1.807, 2.05) is 31.2 Å². The van der Waals surface area contributed by atoms with Gasteiger partial charge in [0.1, 0.15) is 0 Å². The van der Waals surface area contributed by atoms with Crippen LogP contribution < -0.4 is 5.32 Å². The van der Waals surface area contributed by atoms with E-state index in [1.54, 1.807) is 23.9 Å². The second kappa shape index (κ2) is 8.76. The van der Waals surface area contributed by atoms with Gasteiger partial charge in [0.05, 0.1) is 17.7 Å². The summed E-state index contributed by atoms with van der Waals surface area (Å²) in [6.45, 7) is 2.04. The standard InChI is InChI=1S/C18H18ClNO3S/c1-12-3-6-14(7-4-12)24-10-9-17(21)20-13-5-8-16(19)15(11-13)18(22)23-2/h3-8,11H,9-10H2,1-2H3,(H,20,21). The van der Waals surface area contributed by atoms with Gasteiger partial charge in [0.25, 0.3) is 0 Å². The Labute approximate surface area is 150 Å². The van der Waals surface area contributed by atoms with Crippen LogP contribution >= 0.6 is 23.4 Å². The number of rotatable bonds is 6. The van der Waals surface area contributed by atoms with Crippen LogP contribution in [0.25, 0.3) is 0 Å². The second-order valence-electron chi connectivity index (χ2n) is 5.15. The summed E-state index contributed by atoms with van der Waals surface area (Å²) in [6, 6.07) is 12.9. The molecule has 0 aliphatic heterocycles. The molecule has 6 heteroatoms. The van der Waals surface area contributed by atoms with Crippen LogP contribution in [-0.2, 0) is 9.53 Å². The number of thioether (sulfide) groups is 1. The van der Waals surface area contributed by atoms with E-state index in [2.05, 4.69) is 10.1 Å². The second-order valence-corrected chi connectivity index (χ2v) is 6.72. The molecule has 2 aromatic rings. The molecule has 126 valence electrons. The third-order valence-corrected chi connectivity index (χ3v) is 4.62. The van der Waals surface area contributed by atoms with E-state index in [9.17, 15) is 9.59 Å². The number of carbonyl (C=O) groups is 2. The van der Waals surface area contributed by atoms with E-state index >= 15 is 0 Å². The number of methoxy groups -OCH3 is 1. The van der Waals surface area contributed by atoms with Crippen molar-refractivity contribution in [2.24, 2.45) is 0 Å². The van der Waals surface area contributed by atoms with Crippen LogP contribution in [0.2, 0.25) is 5.02 Å². The van der Waals surface area contributed by atoms with E-state index < -0.39 is 5.97 Å². The fraction of sp³-hybridized carbons (Fsp3) is 0.222. The normalized spacial score (nSPS) is 10.3. The molecule has 24 heavy (non-hydrogen) atoms. The first-order valence-electron chi connectivity index (χ1n) is 7.37. The minimum atomic E-state index is -0.536. The largest absolute Gasteiger partial charge is 0.465 e. The van der Waals surface area contributed by atoms with E-state index in [4.69, 9.17) is 11.6 Å². The minimum absolute atomic E-state index is 0.118. The van der Waals surface area contributed by atoms with Crippen molar-refractivity contribution in [3.8, 4) is 0 Å². The number of hydrogen-bond donors (Lipinski definition) is 1. The average Bonchev–Trinajstić information content (AvgIpc) is 2.57. The Balaban J connectivity index is 1.88. The van der Waals surface area contributed by atoms with Gasteiger partial charge in [-0.25, -0.2) is 4.79 Å². The molecule has 2 rings (SSSR count). The number of anilines is 1. The smallest absolute Gasteiger partial charge is 0.339 e. The van der Waals surface area contributed by atoms with Crippen molar-refractivity contribution in [2.75, 3.05) is 18.2 Å². The number of esters is 1. The lowest BCUT2D eigenvalue weighted by molar-refractivity contribution is -0.115. The minimum Gasteiger partial charge on any atom is -0.465 e. The topological polar surface area (TPSA) is 55.4 Å². The van der Waals surface area contributed by atoms with E-state index in [0.717, 1.165) is 4.90 Å². The maximum Gasteiger partial charge on any atom is 0.339 e. The highest BCUT2D eigenvalue weighted by molar-refractivity contribution is 7.99. The van der Waals surface area contributed by atoms with Gasteiger partial charge in [-0.15, -0.1) is 11.8 Å². The number of benzene rings is 2. The number of nitrogens with one attached hydrogen (secondary N) is 1. The van der Waals surface area contributed by atoms with Gasteiger partial charge in [0.2, 0.25) is 5.91 Å². The molecule has 1 N–H and O–H groups in total.